The fourth-order valence-corrected chi connectivity index (χ4v) is 2.77. The minimum Gasteiger partial charge on any atom is -0.481 e. The largest absolute Gasteiger partial charge is 0.481 e. The van der Waals surface area contributed by atoms with Crippen LogP contribution in [0.2, 0.25) is 0 Å². The highest BCUT2D eigenvalue weighted by atomic mass is 16.4. The van der Waals surface area contributed by atoms with Gasteiger partial charge in [-0.1, -0.05) is 6.92 Å². The van der Waals surface area contributed by atoms with Crippen LogP contribution in [0, 0.1) is 5.41 Å². The number of carboxylic acids is 1. The molecule has 0 aromatic carbocycles. The summed E-state index contributed by atoms with van der Waals surface area (Å²) in [6, 6.07) is 0.169. The van der Waals surface area contributed by atoms with E-state index in [1.54, 1.807) is 0 Å². The van der Waals surface area contributed by atoms with E-state index in [1.165, 1.54) is 0 Å². The van der Waals surface area contributed by atoms with E-state index < -0.39 is 11.4 Å². The van der Waals surface area contributed by atoms with Crippen molar-refractivity contribution in [1.82, 2.24) is 15.5 Å². The monoisotopic (exact) mass is 283 g/mol. The van der Waals surface area contributed by atoms with Gasteiger partial charge in [0, 0.05) is 19.1 Å². The van der Waals surface area contributed by atoms with Crippen LogP contribution in [0.25, 0.3) is 0 Å². The fourth-order valence-electron chi connectivity index (χ4n) is 2.77. The lowest BCUT2D eigenvalue weighted by atomic mass is 10.0. The van der Waals surface area contributed by atoms with Gasteiger partial charge in [0.2, 0.25) is 0 Å². The third kappa shape index (κ3) is 3.42. The van der Waals surface area contributed by atoms with Crippen molar-refractivity contribution in [3.05, 3.63) is 0 Å². The first-order chi connectivity index (χ1) is 9.59. The van der Waals surface area contributed by atoms with Crippen LogP contribution in [0.1, 0.15) is 39.0 Å². The lowest BCUT2D eigenvalue weighted by Crippen LogP contribution is -2.51. The molecule has 1 heterocycles. The van der Waals surface area contributed by atoms with E-state index in [4.69, 9.17) is 5.11 Å². The molecule has 3 N–H and O–H groups in total. The molecule has 1 aliphatic heterocycles. The summed E-state index contributed by atoms with van der Waals surface area (Å²) in [6.07, 6.45) is 4.20. The molecular weight excluding hydrogens is 258 g/mol. The maximum absolute atomic E-state index is 12.3. The minimum atomic E-state index is -0.790. The number of carboxylic acid groups (broad SMARTS) is 1. The number of carbonyl (C=O) groups is 2. The zero-order chi connectivity index (χ0) is 14.6. The Morgan fingerprint density at radius 3 is 2.50 bits per heavy atom. The molecule has 0 atom stereocenters. The van der Waals surface area contributed by atoms with Crippen LogP contribution in [0.15, 0.2) is 0 Å². The van der Waals surface area contributed by atoms with Gasteiger partial charge in [-0.2, -0.15) is 0 Å². The van der Waals surface area contributed by atoms with Gasteiger partial charge in [0.05, 0.1) is 5.41 Å². The zero-order valence-electron chi connectivity index (χ0n) is 12.2. The molecule has 0 aromatic rings. The predicted molar refractivity (Wildman–Crippen MR) is 75.6 cm³/mol. The average Bonchev–Trinajstić information content (AvgIpc) is 3.24. The normalized spacial score (nSPS) is 21.2. The summed E-state index contributed by atoms with van der Waals surface area (Å²) in [5, 5.41) is 15.3. The first kappa shape index (κ1) is 15.1. The average molecular weight is 283 g/mol. The Morgan fingerprint density at radius 1 is 1.35 bits per heavy atom. The number of nitrogens with one attached hydrogen (secondary N) is 2. The van der Waals surface area contributed by atoms with Crippen LogP contribution >= 0.6 is 0 Å². The molecule has 114 valence electrons. The Morgan fingerprint density at radius 2 is 2.00 bits per heavy atom. The zero-order valence-corrected chi connectivity index (χ0v) is 12.2. The second kappa shape index (κ2) is 6.43. The minimum absolute atomic E-state index is 0.105. The van der Waals surface area contributed by atoms with Crippen LogP contribution in [-0.2, 0) is 4.79 Å². The van der Waals surface area contributed by atoms with Gasteiger partial charge >= 0.3 is 12.0 Å². The number of rotatable bonds is 6. The van der Waals surface area contributed by atoms with Crippen LogP contribution in [-0.4, -0.2) is 54.2 Å². The van der Waals surface area contributed by atoms with Crippen molar-refractivity contribution in [3.8, 4) is 0 Å². The van der Waals surface area contributed by atoms with Crippen LogP contribution < -0.4 is 10.6 Å². The van der Waals surface area contributed by atoms with Gasteiger partial charge in [0.25, 0.3) is 0 Å². The molecule has 0 bridgehead atoms. The summed E-state index contributed by atoms with van der Waals surface area (Å²) < 4.78 is 0. The molecule has 0 unspecified atom stereocenters. The van der Waals surface area contributed by atoms with Gasteiger partial charge in [0.1, 0.15) is 0 Å². The van der Waals surface area contributed by atoms with Gasteiger partial charge in [0.15, 0.2) is 0 Å². The van der Waals surface area contributed by atoms with Crippen molar-refractivity contribution < 1.29 is 14.7 Å². The van der Waals surface area contributed by atoms with E-state index in [1.807, 2.05) is 4.90 Å². The van der Waals surface area contributed by atoms with E-state index in [9.17, 15) is 9.59 Å². The molecule has 2 amide bonds. The molecular formula is C14H25N3O3. The van der Waals surface area contributed by atoms with Crippen LogP contribution in [0.5, 0.6) is 0 Å². The summed E-state index contributed by atoms with van der Waals surface area (Å²) in [6.45, 7) is 4.93. The molecule has 20 heavy (non-hydrogen) atoms. The summed E-state index contributed by atoms with van der Waals surface area (Å²) in [5.41, 5.74) is -0.693. The number of amides is 2. The molecule has 6 nitrogen and oxygen atoms in total. The molecule has 1 saturated heterocycles. The summed E-state index contributed by atoms with van der Waals surface area (Å²) in [4.78, 5) is 25.3. The van der Waals surface area contributed by atoms with E-state index >= 15 is 0 Å². The summed E-state index contributed by atoms with van der Waals surface area (Å²) in [7, 11) is 0. The van der Waals surface area contributed by atoms with Crippen molar-refractivity contribution in [2.24, 2.45) is 5.41 Å². The van der Waals surface area contributed by atoms with E-state index in [2.05, 4.69) is 17.6 Å². The number of carbonyl (C=O) groups excluding carboxylic acids is 1. The van der Waals surface area contributed by atoms with Crippen LogP contribution in [0.3, 0.4) is 0 Å². The maximum atomic E-state index is 12.3. The second-order valence-corrected chi connectivity index (χ2v) is 5.92. The highest BCUT2D eigenvalue weighted by Gasteiger charge is 2.50. The Hall–Kier alpha value is -1.30. The molecule has 2 fully saturated rings. The number of hydrogen-bond acceptors (Lipinski definition) is 3. The highest BCUT2D eigenvalue weighted by Crippen LogP contribution is 2.45. The Balaban J connectivity index is 1.88. The number of urea groups is 1. The van der Waals surface area contributed by atoms with Gasteiger partial charge in [-0.05, 0) is 45.2 Å². The van der Waals surface area contributed by atoms with Crippen molar-refractivity contribution in [2.45, 2.75) is 45.1 Å². The lowest BCUT2D eigenvalue weighted by molar-refractivity contribution is -0.143. The topological polar surface area (TPSA) is 81.7 Å². The van der Waals surface area contributed by atoms with Crippen molar-refractivity contribution in [1.29, 1.82) is 0 Å². The number of piperidine rings is 1. The first-order valence-electron chi connectivity index (χ1n) is 7.57. The molecule has 1 saturated carbocycles. The molecule has 2 rings (SSSR count). The molecule has 0 radical (unpaired) electrons. The molecule has 1 aliphatic carbocycles. The molecule has 6 heteroatoms. The predicted octanol–water partition coefficient (Wildman–Crippen LogP) is 1.02. The van der Waals surface area contributed by atoms with E-state index in [0.717, 1.165) is 38.9 Å². The van der Waals surface area contributed by atoms with Crippen molar-refractivity contribution in [2.75, 3.05) is 26.2 Å². The third-order valence-corrected chi connectivity index (χ3v) is 4.36. The van der Waals surface area contributed by atoms with E-state index in [-0.39, 0.29) is 18.6 Å². The quantitative estimate of drug-likeness (QED) is 0.680. The number of aliphatic carboxylic acids is 1. The van der Waals surface area contributed by atoms with Crippen molar-refractivity contribution >= 4 is 12.0 Å². The smallest absolute Gasteiger partial charge is 0.317 e. The Labute approximate surface area is 119 Å². The Bertz CT molecular complexity index is 363. The van der Waals surface area contributed by atoms with E-state index in [0.29, 0.717) is 12.8 Å². The third-order valence-electron chi connectivity index (χ3n) is 4.36. The number of nitrogens with zero attached hydrogens (tertiary/aromatic N) is 1. The maximum Gasteiger partial charge on any atom is 0.317 e. The number of hydrogen-bond donors (Lipinski definition) is 3. The molecule has 0 aromatic heterocycles. The van der Waals surface area contributed by atoms with Gasteiger partial charge in [-0.25, -0.2) is 4.79 Å². The highest BCUT2D eigenvalue weighted by molar-refractivity contribution is 5.80. The SMILES string of the molecule is CCCN(C(=O)NCC1(C(=O)O)CC1)C1CCNCC1. The van der Waals surface area contributed by atoms with Gasteiger partial charge in [-0.3, -0.25) is 4.79 Å². The summed E-state index contributed by atoms with van der Waals surface area (Å²) in [5.74, 6) is -0.790. The summed E-state index contributed by atoms with van der Waals surface area (Å²) >= 11 is 0. The standard InChI is InChI=1S/C14H25N3O3/c1-2-9-17(11-3-7-15-8-4-11)13(20)16-10-14(5-6-14)12(18)19/h11,15H,2-10H2,1H3,(H,16,20)(H,18,19). The molecule has 0 spiro atoms. The fraction of sp³-hybridized carbons (Fsp3) is 0.857. The van der Waals surface area contributed by atoms with Crippen LogP contribution in [0.4, 0.5) is 4.79 Å². The van der Waals surface area contributed by atoms with Gasteiger partial charge in [-0.15, -0.1) is 0 Å². The second-order valence-electron chi connectivity index (χ2n) is 5.92. The van der Waals surface area contributed by atoms with Gasteiger partial charge < -0.3 is 20.6 Å². The molecule has 2 aliphatic rings. The first-order valence-corrected chi connectivity index (χ1v) is 7.57. The Kier molecular flexibility index (Phi) is 4.86. The lowest BCUT2D eigenvalue weighted by Gasteiger charge is -2.34. The van der Waals surface area contributed by atoms with Crippen molar-refractivity contribution in [3.63, 3.8) is 0 Å².